The Morgan fingerprint density at radius 1 is 1.33 bits per heavy atom. The summed E-state index contributed by atoms with van der Waals surface area (Å²) in [7, 11) is 0. The number of nitrogens with zero attached hydrogens (tertiary/aromatic N) is 2. The van der Waals surface area contributed by atoms with E-state index in [9.17, 15) is 0 Å². The van der Waals surface area contributed by atoms with E-state index in [0.717, 1.165) is 6.54 Å². The van der Waals surface area contributed by atoms with Gasteiger partial charge in [0.15, 0.2) is 0 Å². The Morgan fingerprint density at radius 3 is 2.73 bits per heavy atom. The molecule has 1 saturated heterocycles. The van der Waals surface area contributed by atoms with Crippen LogP contribution in [0.15, 0.2) is 24.5 Å². The highest BCUT2D eigenvalue weighted by molar-refractivity contribution is 5.09. The molecular formula is C13H20N2. The molecule has 0 spiro atoms. The Morgan fingerprint density at radius 2 is 2.07 bits per heavy atom. The first-order valence-corrected chi connectivity index (χ1v) is 5.77. The fraction of sp³-hybridized carbons (Fsp3) is 0.615. The van der Waals surface area contributed by atoms with Gasteiger partial charge in [0.05, 0.1) is 0 Å². The lowest BCUT2D eigenvalue weighted by molar-refractivity contribution is 0.111. The van der Waals surface area contributed by atoms with E-state index in [4.69, 9.17) is 0 Å². The molecule has 0 bridgehead atoms. The van der Waals surface area contributed by atoms with Crippen LogP contribution in [0.1, 0.15) is 32.3 Å². The number of pyridine rings is 1. The van der Waals surface area contributed by atoms with Crippen molar-refractivity contribution in [1.29, 1.82) is 0 Å². The molecule has 1 aliphatic heterocycles. The summed E-state index contributed by atoms with van der Waals surface area (Å²) in [6.07, 6.45) is 6.45. The second-order valence-corrected chi connectivity index (χ2v) is 5.33. The second-order valence-electron chi connectivity index (χ2n) is 5.33. The van der Waals surface area contributed by atoms with Crippen LogP contribution < -0.4 is 0 Å². The number of piperidine rings is 1. The number of aromatic nitrogens is 1. The highest BCUT2D eigenvalue weighted by Crippen LogP contribution is 2.28. The molecule has 2 nitrogen and oxygen atoms in total. The topological polar surface area (TPSA) is 16.1 Å². The summed E-state index contributed by atoms with van der Waals surface area (Å²) in [6, 6.07) is 4.23. The van der Waals surface area contributed by atoms with Crippen LogP contribution in [-0.4, -0.2) is 23.0 Å². The van der Waals surface area contributed by atoms with Crippen molar-refractivity contribution in [2.24, 2.45) is 5.41 Å². The molecule has 0 amide bonds. The van der Waals surface area contributed by atoms with Crippen molar-refractivity contribution in [1.82, 2.24) is 9.88 Å². The van der Waals surface area contributed by atoms with Crippen LogP contribution in [-0.2, 0) is 6.54 Å². The number of rotatable bonds is 2. The van der Waals surface area contributed by atoms with Crippen molar-refractivity contribution in [2.45, 2.75) is 33.2 Å². The van der Waals surface area contributed by atoms with Crippen molar-refractivity contribution < 1.29 is 0 Å². The molecule has 0 atom stereocenters. The van der Waals surface area contributed by atoms with Gasteiger partial charge in [0.25, 0.3) is 0 Å². The normalized spacial score (nSPS) is 21.5. The third-order valence-corrected chi connectivity index (χ3v) is 3.14. The Labute approximate surface area is 92.3 Å². The standard InChI is InChI=1S/C13H20N2/c1-13(2)6-3-9-15(11-13)10-12-4-7-14-8-5-12/h4-5,7-8H,3,6,9-11H2,1-2H3. The molecule has 0 aromatic carbocycles. The average molecular weight is 204 g/mol. The largest absolute Gasteiger partial charge is 0.299 e. The van der Waals surface area contributed by atoms with Gasteiger partial charge in [-0.15, -0.1) is 0 Å². The maximum atomic E-state index is 4.05. The lowest BCUT2D eigenvalue weighted by atomic mass is 9.84. The Bertz CT molecular complexity index is 306. The van der Waals surface area contributed by atoms with E-state index >= 15 is 0 Å². The summed E-state index contributed by atoms with van der Waals surface area (Å²) in [5.41, 5.74) is 1.87. The minimum atomic E-state index is 0.491. The van der Waals surface area contributed by atoms with Crippen LogP contribution in [0.2, 0.25) is 0 Å². The Hall–Kier alpha value is -0.890. The zero-order chi connectivity index (χ0) is 10.7. The molecule has 82 valence electrons. The molecule has 0 N–H and O–H groups in total. The number of likely N-dealkylation sites (tertiary alicyclic amines) is 1. The van der Waals surface area contributed by atoms with Crippen molar-refractivity contribution in [3.8, 4) is 0 Å². The highest BCUT2D eigenvalue weighted by Gasteiger charge is 2.25. The highest BCUT2D eigenvalue weighted by atomic mass is 15.1. The van der Waals surface area contributed by atoms with E-state index < -0.39 is 0 Å². The minimum Gasteiger partial charge on any atom is -0.299 e. The first kappa shape index (κ1) is 10.6. The van der Waals surface area contributed by atoms with E-state index in [1.807, 2.05) is 12.4 Å². The van der Waals surface area contributed by atoms with E-state index in [1.165, 1.54) is 31.5 Å². The third-order valence-electron chi connectivity index (χ3n) is 3.14. The average Bonchev–Trinajstić information content (AvgIpc) is 2.17. The lowest BCUT2D eigenvalue weighted by Crippen LogP contribution is -2.39. The molecule has 0 saturated carbocycles. The number of hydrogen-bond acceptors (Lipinski definition) is 2. The Balaban J connectivity index is 1.95. The van der Waals surface area contributed by atoms with Gasteiger partial charge in [0.1, 0.15) is 0 Å². The van der Waals surface area contributed by atoms with Gasteiger partial charge < -0.3 is 0 Å². The van der Waals surface area contributed by atoms with Gasteiger partial charge in [0.2, 0.25) is 0 Å². The zero-order valence-electron chi connectivity index (χ0n) is 9.74. The van der Waals surface area contributed by atoms with Gasteiger partial charge in [-0.25, -0.2) is 0 Å². The minimum absolute atomic E-state index is 0.491. The maximum absolute atomic E-state index is 4.05. The van der Waals surface area contributed by atoms with Crippen molar-refractivity contribution in [3.63, 3.8) is 0 Å². The molecule has 0 radical (unpaired) electrons. The summed E-state index contributed by atoms with van der Waals surface area (Å²) < 4.78 is 0. The summed E-state index contributed by atoms with van der Waals surface area (Å²) in [4.78, 5) is 6.60. The predicted octanol–water partition coefficient (Wildman–Crippen LogP) is 2.70. The third kappa shape index (κ3) is 3.03. The van der Waals surface area contributed by atoms with Crippen molar-refractivity contribution in [2.75, 3.05) is 13.1 Å². The molecule has 2 heteroatoms. The van der Waals surface area contributed by atoms with Crippen LogP contribution in [0.25, 0.3) is 0 Å². The van der Waals surface area contributed by atoms with Crippen molar-refractivity contribution in [3.05, 3.63) is 30.1 Å². The van der Waals surface area contributed by atoms with Crippen LogP contribution in [0.4, 0.5) is 0 Å². The van der Waals surface area contributed by atoms with E-state index in [-0.39, 0.29) is 0 Å². The molecule has 1 aromatic heterocycles. The molecule has 0 unspecified atom stereocenters. The fourth-order valence-corrected chi connectivity index (χ4v) is 2.43. The van der Waals surface area contributed by atoms with Gasteiger partial charge in [-0.2, -0.15) is 0 Å². The van der Waals surface area contributed by atoms with Gasteiger partial charge in [0, 0.05) is 25.5 Å². The predicted molar refractivity (Wildman–Crippen MR) is 62.5 cm³/mol. The van der Waals surface area contributed by atoms with Crippen LogP contribution in [0, 0.1) is 5.41 Å². The van der Waals surface area contributed by atoms with Gasteiger partial charge >= 0.3 is 0 Å². The van der Waals surface area contributed by atoms with E-state index in [2.05, 4.69) is 35.9 Å². The smallest absolute Gasteiger partial charge is 0.0271 e. The molecule has 0 aliphatic carbocycles. The van der Waals surface area contributed by atoms with Crippen LogP contribution in [0.3, 0.4) is 0 Å². The fourth-order valence-electron chi connectivity index (χ4n) is 2.43. The monoisotopic (exact) mass is 204 g/mol. The van der Waals surface area contributed by atoms with Gasteiger partial charge in [-0.05, 0) is 42.5 Å². The summed E-state index contributed by atoms with van der Waals surface area (Å²) in [6.45, 7) is 8.27. The number of hydrogen-bond donors (Lipinski definition) is 0. The quantitative estimate of drug-likeness (QED) is 0.736. The molecule has 1 aliphatic rings. The maximum Gasteiger partial charge on any atom is 0.0271 e. The van der Waals surface area contributed by atoms with Crippen LogP contribution in [0.5, 0.6) is 0 Å². The SMILES string of the molecule is CC1(C)CCCN(Cc2ccncc2)C1. The van der Waals surface area contributed by atoms with Crippen molar-refractivity contribution >= 4 is 0 Å². The molecule has 15 heavy (non-hydrogen) atoms. The summed E-state index contributed by atoms with van der Waals surface area (Å²) in [5, 5.41) is 0. The van der Waals surface area contributed by atoms with E-state index in [0.29, 0.717) is 5.41 Å². The zero-order valence-corrected chi connectivity index (χ0v) is 9.74. The van der Waals surface area contributed by atoms with Gasteiger partial charge in [-0.3, -0.25) is 9.88 Å². The van der Waals surface area contributed by atoms with E-state index in [1.54, 1.807) is 0 Å². The summed E-state index contributed by atoms with van der Waals surface area (Å²) >= 11 is 0. The molecule has 2 heterocycles. The molecule has 1 fully saturated rings. The molecule has 2 rings (SSSR count). The first-order chi connectivity index (χ1) is 7.16. The second kappa shape index (κ2) is 4.31. The molecule has 1 aromatic rings. The summed E-state index contributed by atoms with van der Waals surface area (Å²) in [5.74, 6) is 0. The lowest BCUT2D eigenvalue weighted by Gasteiger charge is -2.38. The first-order valence-electron chi connectivity index (χ1n) is 5.77. The Kier molecular flexibility index (Phi) is 3.06. The van der Waals surface area contributed by atoms with Gasteiger partial charge in [-0.1, -0.05) is 13.8 Å². The van der Waals surface area contributed by atoms with Crippen LogP contribution >= 0.6 is 0 Å². The molecular weight excluding hydrogens is 184 g/mol.